The molecule has 0 aliphatic heterocycles. The largest absolute Gasteiger partial charge is 0.494 e. The standard InChI is InChI=1S/C11H16ClNO2/c12-9-3-5-11(6-4-9)15-7-1-2-10(13)8-14/h3-6,10,14H,1-2,7-8,13H2/t10-/m0/s1. The molecule has 0 heterocycles. The molecule has 0 saturated carbocycles. The molecule has 1 aromatic rings. The van der Waals surface area contributed by atoms with Crippen molar-refractivity contribution < 1.29 is 9.84 Å². The fourth-order valence-corrected chi connectivity index (χ4v) is 1.28. The van der Waals surface area contributed by atoms with Gasteiger partial charge in [0.2, 0.25) is 0 Å². The summed E-state index contributed by atoms with van der Waals surface area (Å²) in [6, 6.07) is 7.09. The average Bonchev–Trinajstić information content (AvgIpc) is 2.26. The molecule has 0 amide bonds. The van der Waals surface area contributed by atoms with Crippen molar-refractivity contribution in [1.82, 2.24) is 0 Å². The van der Waals surface area contributed by atoms with Gasteiger partial charge in [-0.15, -0.1) is 0 Å². The summed E-state index contributed by atoms with van der Waals surface area (Å²) >= 11 is 5.73. The van der Waals surface area contributed by atoms with Crippen LogP contribution in [0.25, 0.3) is 0 Å². The van der Waals surface area contributed by atoms with Gasteiger partial charge >= 0.3 is 0 Å². The van der Waals surface area contributed by atoms with Crippen molar-refractivity contribution in [2.45, 2.75) is 18.9 Å². The monoisotopic (exact) mass is 229 g/mol. The maximum Gasteiger partial charge on any atom is 0.119 e. The van der Waals surface area contributed by atoms with Crippen molar-refractivity contribution in [2.75, 3.05) is 13.2 Å². The van der Waals surface area contributed by atoms with Gasteiger partial charge in [0, 0.05) is 11.1 Å². The Morgan fingerprint density at radius 2 is 2.00 bits per heavy atom. The highest BCUT2D eigenvalue weighted by molar-refractivity contribution is 6.30. The minimum Gasteiger partial charge on any atom is -0.494 e. The number of halogens is 1. The van der Waals surface area contributed by atoms with Crippen LogP contribution in [0, 0.1) is 0 Å². The summed E-state index contributed by atoms with van der Waals surface area (Å²) in [7, 11) is 0. The van der Waals surface area contributed by atoms with Crippen molar-refractivity contribution in [3.05, 3.63) is 29.3 Å². The zero-order chi connectivity index (χ0) is 11.1. The Morgan fingerprint density at radius 1 is 1.33 bits per heavy atom. The van der Waals surface area contributed by atoms with Crippen molar-refractivity contribution in [1.29, 1.82) is 0 Å². The predicted molar refractivity (Wildman–Crippen MR) is 61.2 cm³/mol. The molecule has 0 saturated heterocycles. The minimum atomic E-state index is -0.140. The summed E-state index contributed by atoms with van der Waals surface area (Å²) in [5, 5.41) is 9.40. The Morgan fingerprint density at radius 3 is 2.60 bits per heavy atom. The molecule has 3 nitrogen and oxygen atoms in total. The molecule has 4 heteroatoms. The summed E-state index contributed by atoms with van der Waals surface area (Å²) in [6.45, 7) is 0.635. The lowest BCUT2D eigenvalue weighted by atomic mass is 10.2. The van der Waals surface area contributed by atoms with Gasteiger partial charge in [0.15, 0.2) is 0 Å². The number of benzene rings is 1. The Balaban J connectivity index is 2.17. The van der Waals surface area contributed by atoms with Crippen LogP contribution in [0.2, 0.25) is 5.02 Å². The second-order valence-corrected chi connectivity index (χ2v) is 3.82. The number of aliphatic hydroxyl groups is 1. The van der Waals surface area contributed by atoms with Gasteiger partial charge in [0.05, 0.1) is 13.2 Å². The molecule has 1 atom stereocenters. The zero-order valence-electron chi connectivity index (χ0n) is 8.53. The van der Waals surface area contributed by atoms with Crippen LogP contribution in [0.15, 0.2) is 24.3 Å². The van der Waals surface area contributed by atoms with E-state index >= 15 is 0 Å². The molecule has 15 heavy (non-hydrogen) atoms. The first-order valence-corrected chi connectivity index (χ1v) is 5.35. The molecular weight excluding hydrogens is 214 g/mol. The van der Waals surface area contributed by atoms with E-state index in [-0.39, 0.29) is 12.6 Å². The molecular formula is C11H16ClNO2. The molecule has 0 bridgehead atoms. The number of rotatable bonds is 6. The summed E-state index contributed by atoms with van der Waals surface area (Å²) < 4.78 is 5.46. The lowest BCUT2D eigenvalue weighted by Gasteiger charge is -2.09. The van der Waals surface area contributed by atoms with E-state index in [4.69, 9.17) is 27.2 Å². The first-order chi connectivity index (χ1) is 7.22. The lowest BCUT2D eigenvalue weighted by molar-refractivity contribution is 0.244. The predicted octanol–water partition coefficient (Wildman–Crippen LogP) is 1.82. The summed E-state index contributed by atoms with van der Waals surface area (Å²) in [5.74, 6) is 0.803. The molecule has 1 rings (SSSR count). The van der Waals surface area contributed by atoms with Crippen LogP contribution in [0.4, 0.5) is 0 Å². The molecule has 0 fully saturated rings. The fraction of sp³-hybridized carbons (Fsp3) is 0.455. The van der Waals surface area contributed by atoms with Crippen molar-refractivity contribution in [3.63, 3.8) is 0 Å². The molecule has 0 aliphatic carbocycles. The van der Waals surface area contributed by atoms with E-state index in [0.29, 0.717) is 11.6 Å². The molecule has 0 unspecified atom stereocenters. The number of nitrogens with two attached hydrogens (primary N) is 1. The van der Waals surface area contributed by atoms with Gasteiger partial charge in [-0.05, 0) is 37.1 Å². The third-order valence-corrected chi connectivity index (χ3v) is 2.29. The number of aliphatic hydroxyl groups excluding tert-OH is 1. The summed E-state index contributed by atoms with van der Waals surface area (Å²) in [6.07, 6.45) is 1.61. The van der Waals surface area contributed by atoms with E-state index in [2.05, 4.69) is 0 Å². The van der Waals surface area contributed by atoms with Crippen LogP contribution in [-0.4, -0.2) is 24.4 Å². The van der Waals surface area contributed by atoms with Gasteiger partial charge in [0.1, 0.15) is 5.75 Å². The SMILES string of the molecule is N[C@H](CO)CCCOc1ccc(Cl)cc1. The first-order valence-electron chi connectivity index (χ1n) is 4.97. The lowest BCUT2D eigenvalue weighted by Crippen LogP contribution is -2.24. The highest BCUT2D eigenvalue weighted by Gasteiger charge is 2.00. The minimum absolute atomic E-state index is 0.0287. The van der Waals surface area contributed by atoms with Gasteiger partial charge < -0.3 is 15.6 Å². The normalized spacial score (nSPS) is 12.5. The van der Waals surface area contributed by atoms with E-state index in [1.807, 2.05) is 12.1 Å². The van der Waals surface area contributed by atoms with E-state index in [1.165, 1.54) is 0 Å². The van der Waals surface area contributed by atoms with Crippen molar-refractivity contribution in [3.8, 4) is 5.75 Å². The quantitative estimate of drug-likeness (QED) is 0.732. The van der Waals surface area contributed by atoms with Gasteiger partial charge in [0.25, 0.3) is 0 Å². The van der Waals surface area contributed by atoms with Gasteiger partial charge in [-0.1, -0.05) is 11.6 Å². The Labute approximate surface area is 94.8 Å². The molecule has 84 valence electrons. The molecule has 0 spiro atoms. The summed E-state index contributed by atoms with van der Waals surface area (Å²) in [4.78, 5) is 0. The van der Waals surface area contributed by atoms with Gasteiger partial charge in [-0.3, -0.25) is 0 Å². The van der Waals surface area contributed by atoms with Crippen molar-refractivity contribution in [2.24, 2.45) is 5.73 Å². The third-order valence-electron chi connectivity index (χ3n) is 2.04. The van der Waals surface area contributed by atoms with Gasteiger partial charge in [-0.2, -0.15) is 0 Å². The Bertz CT molecular complexity index is 276. The molecule has 3 N–H and O–H groups in total. The summed E-state index contributed by atoms with van der Waals surface area (Å²) in [5.41, 5.74) is 5.55. The average molecular weight is 230 g/mol. The number of hydrogen-bond acceptors (Lipinski definition) is 3. The van der Waals surface area contributed by atoms with Crippen LogP contribution in [-0.2, 0) is 0 Å². The van der Waals surface area contributed by atoms with Crippen molar-refractivity contribution >= 4 is 11.6 Å². The smallest absolute Gasteiger partial charge is 0.119 e. The number of hydrogen-bond donors (Lipinski definition) is 2. The first kappa shape index (κ1) is 12.3. The highest BCUT2D eigenvalue weighted by atomic mass is 35.5. The van der Waals surface area contributed by atoms with Crippen LogP contribution < -0.4 is 10.5 Å². The van der Waals surface area contributed by atoms with E-state index in [9.17, 15) is 0 Å². The molecule has 0 aliphatic rings. The highest BCUT2D eigenvalue weighted by Crippen LogP contribution is 2.15. The molecule has 1 aromatic carbocycles. The maximum atomic E-state index is 8.70. The second-order valence-electron chi connectivity index (χ2n) is 3.39. The van der Waals surface area contributed by atoms with Gasteiger partial charge in [-0.25, -0.2) is 0 Å². The Hall–Kier alpha value is -0.770. The zero-order valence-corrected chi connectivity index (χ0v) is 9.28. The molecule has 0 radical (unpaired) electrons. The van der Waals surface area contributed by atoms with Crippen LogP contribution in [0.3, 0.4) is 0 Å². The second kappa shape index (κ2) is 6.67. The topological polar surface area (TPSA) is 55.5 Å². The number of ether oxygens (including phenoxy) is 1. The van der Waals surface area contributed by atoms with Crippen LogP contribution in [0.5, 0.6) is 5.75 Å². The maximum absolute atomic E-state index is 8.70. The van der Waals surface area contributed by atoms with E-state index in [0.717, 1.165) is 18.6 Å². The van der Waals surface area contributed by atoms with E-state index < -0.39 is 0 Å². The van der Waals surface area contributed by atoms with Crippen LogP contribution >= 0.6 is 11.6 Å². The third kappa shape index (κ3) is 5.02. The van der Waals surface area contributed by atoms with E-state index in [1.54, 1.807) is 12.1 Å². The fourth-order valence-electron chi connectivity index (χ4n) is 1.16. The van der Waals surface area contributed by atoms with Crippen LogP contribution in [0.1, 0.15) is 12.8 Å². The Kier molecular flexibility index (Phi) is 5.47. The molecule has 0 aromatic heterocycles.